The molecule has 0 fully saturated rings. The molecular weight excluding hydrogens is 309 g/mol. The van der Waals surface area contributed by atoms with Crippen LogP contribution in [0.5, 0.6) is 0 Å². The molecule has 0 saturated heterocycles. The lowest BCUT2D eigenvalue weighted by Crippen LogP contribution is -1.84. The van der Waals surface area contributed by atoms with Gasteiger partial charge in [-0.3, -0.25) is 0 Å². The Kier molecular flexibility index (Phi) is 3.00. The van der Waals surface area contributed by atoms with E-state index < -0.39 is 0 Å². The molecule has 0 nitrogen and oxygen atoms in total. The molecule has 0 unspecified atom stereocenters. The van der Waals surface area contributed by atoms with E-state index in [-0.39, 0.29) is 11.6 Å². The summed E-state index contributed by atoms with van der Waals surface area (Å²) < 4.78 is 26.5. The lowest BCUT2D eigenvalue weighted by molar-refractivity contribution is 0.620. The Morgan fingerprint density at radius 3 is 2.27 bits per heavy atom. The SMILES string of the molecule is Fc1cccc(-c2ccc(F)c(I)c2)c1. The van der Waals surface area contributed by atoms with Crippen molar-refractivity contribution in [3.05, 3.63) is 57.7 Å². The Labute approximate surface area is 100 Å². The summed E-state index contributed by atoms with van der Waals surface area (Å²) in [6.45, 7) is 0. The predicted molar refractivity (Wildman–Crippen MR) is 64.5 cm³/mol. The van der Waals surface area contributed by atoms with Crippen LogP contribution < -0.4 is 0 Å². The van der Waals surface area contributed by atoms with Gasteiger partial charge >= 0.3 is 0 Å². The van der Waals surface area contributed by atoms with Crippen LogP contribution in [0.25, 0.3) is 11.1 Å². The van der Waals surface area contributed by atoms with Gasteiger partial charge in [0, 0.05) is 3.57 Å². The third-order valence-electron chi connectivity index (χ3n) is 2.08. The van der Waals surface area contributed by atoms with E-state index in [1.165, 1.54) is 18.2 Å². The van der Waals surface area contributed by atoms with Gasteiger partial charge in [0.25, 0.3) is 0 Å². The average Bonchev–Trinajstić information content (AvgIpc) is 2.22. The highest BCUT2D eigenvalue weighted by molar-refractivity contribution is 14.1. The zero-order valence-corrected chi connectivity index (χ0v) is 9.83. The van der Waals surface area contributed by atoms with Crippen LogP contribution in [0, 0.1) is 15.2 Å². The summed E-state index contributed by atoms with van der Waals surface area (Å²) in [7, 11) is 0. The molecule has 0 saturated carbocycles. The minimum atomic E-state index is -0.285. The van der Waals surface area contributed by atoms with Crippen LogP contribution in [0.3, 0.4) is 0 Å². The molecule has 0 aliphatic rings. The van der Waals surface area contributed by atoms with Crippen molar-refractivity contribution in [2.75, 3.05) is 0 Å². The first-order chi connectivity index (χ1) is 7.16. The summed E-state index contributed by atoms with van der Waals surface area (Å²) in [5.41, 5.74) is 1.58. The monoisotopic (exact) mass is 316 g/mol. The van der Waals surface area contributed by atoms with Crippen LogP contribution >= 0.6 is 22.6 Å². The van der Waals surface area contributed by atoms with E-state index >= 15 is 0 Å². The highest BCUT2D eigenvalue weighted by atomic mass is 127. The van der Waals surface area contributed by atoms with Gasteiger partial charge in [0.15, 0.2) is 0 Å². The largest absolute Gasteiger partial charge is 0.207 e. The average molecular weight is 316 g/mol. The smallest absolute Gasteiger partial charge is 0.136 e. The van der Waals surface area contributed by atoms with Crippen molar-refractivity contribution < 1.29 is 8.78 Å². The van der Waals surface area contributed by atoms with E-state index in [1.807, 2.05) is 22.6 Å². The maximum absolute atomic E-state index is 13.0. The number of halogens is 3. The van der Waals surface area contributed by atoms with Gasteiger partial charge in [-0.15, -0.1) is 0 Å². The maximum Gasteiger partial charge on any atom is 0.136 e. The number of hydrogen-bond acceptors (Lipinski definition) is 0. The van der Waals surface area contributed by atoms with E-state index in [2.05, 4.69) is 0 Å². The number of benzene rings is 2. The molecule has 0 N–H and O–H groups in total. The molecule has 0 heterocycles. The van der Waals surface area contributed by atoms with Gasteiger partial charge in [-0.25, -0.2) is 8.78 Å². The van der Waals surface area contributed by atoms with Crippen molar-refractivity contribution in [1.82, 2.24) is 0 Å². The Morgan fingerprint density at radius 2 is 1.60 bits per heavy atom. The summed E-state index contributed by atoms with van der Waals surface area (Å²) in [5.74, 6) is -0.539. The highest BCUT2D eigenvalue weighted by Crippen LogP contribution is 2.23. The third-order valence-corrected chi connectivity index (χ3v) is 2.90. The fourth-order valence-corrected chi connectivity index (χ4v) is 1.86. The Balaban J connectivity index is 2.50. The van der Waals surface area contributed by atoms with Crippen LogP contribution in [0.15, 0.2) is 42.5 Å². The molecule has 0 radical (unpaired) electrons. The van der Waals surface area contributed by atoms with Gasteiger partial charge < -0.3 is 0 Å². The zero-order chi connectivity index (χ0) is 10.8. The molecule has 0 amide bonds. The normalized spacial score (nSPS) is 10.3. The van der Waals surface area contributed by atoms with Crippen LogP contribution in [0.2, 0.25) is 0 Å². The first-order valence-corrected chi connectivity index (χ1v) is 5.46. The molecule has 2 aromatic rings. The van der Waals surface area contributed by atoms with Gasteiger partial charge in [-0.2, -0.15) is 0 Å². The molecule has 0 bridgehead atoms. The lowest BCUT2D eigenvalue weighted by Gasteiger charge is -2.03. The summed E-state index contributed by atoms with van der Waals surface area (Å²) >= 11 is 1.92. The minimum absolute atomic E-state index is 0.254. The van der Waals surface area contributed by atoms with Crippen LogP contribution in [0.1, 0.15) is 0 Å². The summed E-state index contributed by atoms with van der Waals surface area (Å²) in [5, 5.41) is 0. The molecule has 0 aromatic heterocycles. The second-order valence-electron chi connectivity index (χ2n) is 3.14. The molecule has 0 spiro atoms. The van der Waals surface area contributed by atoms with Gasteiger partial charge in [-0.1, -0.05) is 18.2 Å². The Hall–Kier alpha value is -0.970. The second kappa shape index (κ2) is 4.26. The van der Waals surface area contributed by atoms with Crippen LogP contribution in [-0.4, -0.2) is 0 Å². The third kappa shape index (κ3) is 2.34. The fraction of sp³-hybridized carbons (Fsp3) is 0. The molecular formula is C12H7F2I. The van der Waals surface area contributed by atoms with E-state index in [0.29, 0.717) is 3.57 Å². The maximum atomic E-state index is 13.0. The van der Waals surface area contributed by atoms with Gasteiger partial charge in [0.1, 0.15) is 11.6 Å². The van der Waals surface area contributed by atoms with Crippen molar-refractivity contribution >= 4 is 22.6 Å². The first-order valence-electron chi connectivity index (χ1n) is 4.38. The van der Waals surface area contributed by atoms with Gasteiger partial charge in [-0.05, 0) is 58.0 Å². The van der Waals surface area contributed by atoms with Gasteiger partial charge in [0.05, 0.1) is 0 Å². The molecule has 3 heteroatoms. The van der Waals surface area contributed by atoms with Crippen molar-refractivity contribution in [2.45, 2.75) is 0 Å². The molecule has 2 aromatic carbocycles. The van der Waals surface area contributed by atoms with Crippen molar-refractivity contribution in [3.63, 3.8) is 0 Å². The number of rotatable bonds is 1. The van der Waals surface area contributed by atoms with E-state index in [4.69, 9.17) is 0 Å². The fourth-order valence-electron chi connectivity index (χ4n) is 1.34. The Morgan fingerprint density at radius 1 is 0.867 bits per heavy atom. The van der Waals surface area contributed by atoms with Crippen molar-refractivity contribution in [3.8, 4) is 11.1 Å². The standard InChI is InChI=1S/C12H7F2I/c13-10-3-1-2-8(6-10)9-4-5-11(14)12(15)7-9/h1-7H. The molecule has 15 heavy (non-hydrogen) atoms. The summed E-state index contributed by atoms with van der Waals surface area (Å²) in [4.78, 5) is 0. The molecule has 76 valence electrons. The van der Waals surface area contributed by atoms with Crippen LogP contribution in [0.4, 0.5) is 8.78 Å². The number of hydrogen-bond donors (Lipinski definition) is 0. The van der Waals surface area contributed by atoms with E-state index in [9.17, 15) is 8.78 Å². The molecule has 0 atom stereocenters. The highest BCUT2D eigenvalue weighted by Gasteiger charge is 2.03. The second-order valence-corrected chi connectivity index (χ2v) is 4.30. The minimum Gasteiger partial charge on any atom is -0.207 e. The first kappa shape index (κ1) is 10.5. The lowest BCUT2D eigenvalue weighted by atomic mass is 10.1. The predicted octanol–water partition coefficient (Wildman–Crippen LogP) is 4.24. The summed E-state index contributed by atoms with van der Waals surface area (Å²) in [6.07, 6.45) is 0. The molecule has 2 rings (SSSR count). The summed E-state index contributed by atoms with van der Waals surface area (Å²) in [6, 6.07) is 11.0. The van der Waals surface area contributed by atoms with Crippen LogP contribution in [-0.2, 0) is 0 Å². The Bertz CT molecular complexity index is 495. The van der Waals surface area contributed by atoms with Gasteiger partial charge in [0.2, 0.25) is 0 Å². The van der Waals surface area contributed by atoms with E-state index in [0.717, 1.165) is 11.1 Å². The van der Waals surface area contributed by atoms with Crippen molar-refractivity contribution in [1.29, 1.82) is 0 Å². The molecule has 0 aliphatic heterocycles. The molecule has 0 aliphatic carbocycles. The van der Waals surface area contributed by atoms with Crippen molar-refractivity contribution in [2.24, 2.45) is 0 Å². The topological polar surface area (TPSA) is 0 Å². The zero-order valence-electron chi connectivity index (χ0n) is 7.68. The van der Waals surface area contributed by atoms with E-state index in [1.54, 1.807) is 24.3 Å². The quantitative estimate of drug-likeness (QED) is 0.691.